The van der Waals surface area contributed by atoms with E-state index >= 15 is 0 Å². The van der Waals surface area contributed by atoms with Crippen molar-refractivity contribution < 1.29 is 22.4 Å². The SMILES string of the molecule is CC(=O)N1c2ccc(S(=O)(=O)N(C)CC(=O)N(C)Cc3ccco3)cc2C[C@H]1C. The molecule has 0 spiro atoms. The highest BCUT2D eigenvalue weighted by atomic mass is 32.2. The number of fused-ring (bicyclic) bond motifs is 1. The fourth-order valence-corrected chi connectivity index (χ4v) is 4.72. The van der Waals surface area contributed by atoms with Crippen LogP contribution in [0, 0.1) is 0 Å². The fourth-order valence-electron chi connectivity index (χ4n) is 3.55. The van der Waals surface area contributed by atoms with Crippen LogP contribution in [-0.2, 0) is 32.6 Å². The number of sulfonamides is 1. The smallest absolute Gasteiger partial charge is 0.243 e. The molecule has 3 rings (SSSR count). The van der Waals surface area contributed by atoms with Crippen molar-refractivity contribution in [2.24, 2.45) is 0 Å². The zero-order valence-corrected chi connectivity index (χ0v) is 17.8. The number of furan rings is 1. The topological polar surface area (TPSA) is 91.1 Å². The normalized spacial score (nSPS) is 16.2. The zero-order valence-electron chi connectivity index (χ0n) is 17.0. The molecule has 0 radical (unpaired) electrons. The number of amides is 2. The van der Waals surface area contributed by atoms with Crippen LogP contribution >= 0.6 is 0 Å². The van der Waals surface area contributed by atoms with Gasteiger partial charge in [-0.25, -0.2) is 8.42 Å². The van der Waals surface area contributed by atoms with Crippen LogP contribution in [0.15, 0.2) is 45.9 Å². The molecule has 9 heteroatoms. The summed E-state index contributed by atoms with van der Waals surface area (Å²) in [5, 5.41) is 0. The van der Waals surface area contributed by atoms with E-state index in [1.54, 1.807) is 36.2 Å². The van der Waals surface area contributed by atoms with Gasteiger partial charge >= 0.3 is 0 Å². The lowest BCUT2D eigenvalue weighted by atomic mass is 10.1. The molecule has 2 amide bonds. The van der Waals surface area contributed by atoms with E-state index in [9.17, 15) is 18.0 Å². The van der Waals surface area contributed by atoms with Gasteiger partial charge in [-0.3, -0.25) is 9.59 Å². The molecule has 8 nitrogen and oxygen atoms in total. The van der Waals surface area contributed by atoms with Crippen LogP contribution in [-0.4, -0.2) is 56.1 Å². The Bertz CT molecular complexity index is 1020. The van der Waals surface area contributed by atoms with Gasteiger partial charge in [0.05, 0.1) is 24.2 Å². The molecule has 0 fully saturated rings. The van der Waals surface area contributed by atoms with Crippen molar-refractivity contribution >= 4 is 27.5 Å². The van der Waals surface area contributed by atoms with Crippen LogP contribution in [0.3, 0.4) is 0 Å². The van der Waals surface area contributed by atoms with Crippen molar-refractivity contribution in [1.29, 1.82) is 0 Å². The van der Waals surface area contributed by atoms with E-state index < -0.39 is 10.0 Å². The average molecular weight is 420 g/mol. The van der Waals surface area contributed by atoms with Gasteiger partial charge in [-0.2, -0.15) is 4.31 Å². The number of carbonyl (C=O) groups excluding carboxylic acids is 2. The number of hydrogen-bond acceptors (Lipinski definition) is 5. The van der Waals surface area contributed by atoms with E-state index in [1.165, 1.54) is 31.2 Å². The summed E-state index contributed by atoms with van der Waals surface area (Å²) >= 11 is 0. The van der Waals surface area contributed by atoms with Gasteiger partial charge in [-0.1, -0.05) is 0 Å². The van der Waals surface area contributed by atoms with Gasteiger partial charge in [0.25, 0.3) is 0 Å². The Hall–Kier alpha value is -2.65. The van der Waals surface area contributed by atoms with Gasteiger partial charge in [-0.05, 0) is 49.2 Å². The molecule has 2 heterocycles. The minimum atomic E-state index is -3.85. The second kappa shape index (κ2) is 8.00. The van der Waals surface area contributed by atoms with Crippen LogP contribution in [0.25, 0.3) is 0 Å². The first-order valence-corrected chi connectivity index (χ1v) is 10.7. The molecule has 0 bridgehead atoms. The molecule has 1 atom stereocenters. The minimum Gasteiger partial charge on any atom is -0.467 e. The molecule has 1 aromatic carbocycles. The monoisotopic (exact) mass is 419 g/mol. The lowest BCUT2D eigenvalue weighted by Crippen LogP contribution is -2.39. The van der Waals surface area contributed by atoms with Crippen molar-refractivity contribution in [2.75, 3.05) is 25.5 Å². The van der Waals surface area contributed by atoms with Crippen molar-refractivity contribution in [2.45, 2.75) is 37.8 Å². The first kappa shape index (κ1) is 21.1. The summed E-state index contributed by atoms with van der Waals surface area (Å²) in [4.78, 5) is 27.5. The Kier molecular flexibility index (Phi) is 5.81. The second-order valence-electron chi connectivity index (χ2n) is 7.32. The number of anilines is 1. The predicted molar refractivity (Wildman–Crippen MR) is 108 cm³/mol. The van der Waals surface area contributed by atoms with Crippen LogP contribution in [0.4, 0.5) is 5.69 Å². The Morgan fingerprint density at radius 1 is 1.24 bits per heavy atom. The number of carbonyl (C=O) groups is 2. The molecule has 1 aliphatic rings. The van der Waals surface area contributed by atoms with Gasteiger partial charge in [0.2, 0.25) is 21.8 Å². The van der Waals surface area contributed by atoms with Gasteiger partial charge < -0.3 is 14.2 Å². The third-order valence-corrected chi connectivity index (χ3v) is 6.87. The van der Waals surface area contributed by atoms with E-state index in [-0.39, 0.29) is 35.8 Å². The van der Waals surface area contributed by atoms with E-state index in [2.05, 4.69) is 0 Å². The minimum absolute atomic E-state index is 0.0185. The van der Waals surface area contributed by atoms with Gasteiger partial charge in [0.1, 0.15) is 5.76 Å². The van der Waals surface area contributed by atoms with Gasteiger partial charge in [0.15, 0.2) is 0 Å². The van der Waals surface area contributed by atoms with E-state index in [1.807, 2.05) is 6.92 Å². The number of benzene rings is 1. The third kappa shape index (κ3) is 4.20. The molecule has 0 aliphatic carbocycles. The number of likely N-dealkylation sites (N-methyl/N-ethyl adjacent to an activating group) is 2. The van der Waals surface area contributed by atoms with Crippen LogP contribution in [0.2, 0.25) is 0 Å². The maximum Gasteiger partial charge on any atom is 0.243 e. The highest BCUT2D eigenvalue weighted by Crippen LogP contribution is 2.34. The zero-order chi connectivity index (χ0) is 21.3. The molecule has 1 aromatic heterocycles. The molecular formula is C20H25N3O5S. The summed E-state index contributed by atoms with van der Waals surface area (Å²) in [6.45, 7) is 3.40. The van der Waals surface area contributed by atoms with E-state index in [0.717, 1.165) is 15.6 Å². The van der Waals surface area contributed by atoms with Gasteiger partial charge in [-0.15, -0.1) is 0 Å². The van der Waals surface area contributed by atoms with Crippen LogP contribution < -0.4 is 4.90 Å². The summed E-state index contributed by atoms with van der Waals surface area (Å²) in [5.41, 5.74) is 1.55. The van der Waals surface area contributed by atoms with Crippen molar-refractivity contribution in [3.63, 3.8) is 0 Å². The maximum atomic E-state index is 13.0. The predicted octanol–water partition coefficient (Wildman–Crippen LogP) is 1.86. The van der Waals surface area contributed by atoms with Crippen molar-refractivity contribution in [1.82, 2.24) is 9.21 Å². The maximum absolute atomic E-state index is 13.0. The van der Waals surface area contributed by atoms with E-state index in [0.29, 0.717) is 12.2 Å². The number of rotatable bonds is 6. The lowest BCUT2D eigenvalue weighted by molar-refractivity contribution is -0.130. The van der Waals surface area contributed by atoms with Crippen molar-refractivity contribution in [3.05, 3.63) is 47.9 Å². The number of hydrogen-bond donors (Lipinski definition) is 0. The Morgan fingerprint density at radius 2 is 1.97 bits per heavy atom. The summed E-state index contributed by atoms with van der Waals surface area (Å²) in [6, 6.07) is 8.20. The molecule has 156 valence electrons. The summed E-state index contributed by atoms with van der Waals surface area (Å²) < 4.78 is 32.2. The molecule has 29 heavy (non-hydrogen) atoms. The van der Waals surface area contributed by atoms with Crippen LogP contribution in [0.5, 0.6) is 0 Å². The molecule has 0 saturated heterocycles. The van der Waals surface area contributed by atoms with E-state index in [4.69, 9.17) is 4.42 Å². The first-order valence-electron chi connectivity index (χ1n) is 9.26. The molecule has 1 aliphatic heterocycles. The Balaban J connectivity index is 1.74. The van der Waals surface area contributed by atoms with Gasteiger partial charge in [0, 0.05) is 32.7 Å². The second-order valence-corrected chi connectivity index (χ2v) is 9.37. The highest BCUT2D eigenvalue weighted by Gasteiger charge is 2.31. The largest absolute Gasteiger partial charge is 0.467 e. The average Bonchev–Trinajstić information content (AvgIpc) is 3.26. The quantitative estimate of drug-likeness (QED) is 0.713. The molecule has 0 saturated carbocycles. The first-order chi connectivity index (χ1) is 13.6. The Labute approximate surface area is 170 Å². The molecule has 0 unspecified atom stereocenters. The summed E-state index contributed by atoms with van der Waals surface area (Å²) in [7, 11) is -0.871. The highest BCUT2D eigenvalue weighted by molar-refractivity contribution is 7.89. The number of nitrogens with zero attached hydrogens (tertiary/aromatic N) is 3. The third-order valence-electron chi connectivity index (χ3n) is 5.07. The lowest BCUT2D eigenvalue weighted by Gasteiger charge is -2.22. The standard InChI is InChI=1S/C20H25N3O5S/c1-14-10-16-11-18(7-8-19(16)23(14)15(2)24)29(26,27)22(4)13-20(25)21(3)12-17-6-5-9-28-17/h5-9,11,14H,10,12-13H2,1-4H3/t14-/m1/s1. The summed E-state index contributed by atoms with van der Waals surface area (Å²) in [6.07, 6.45) is 2.11. The molecule has 0 N–H and O–H groups in total. The van der Waals surface area contributed by atoms with Crippen molar-refractivity contribution in [3.8, 4) is 0 Å². The Morgan fingerprint density at radius 3 is 2.59 bits per heavy atom. The molecular weight excluding hydrogens is 394 g/mol. The summed E-state index contributed by atoms with van der Waals surface area (Å²) in [5.74, 6) is 0.202. The fraction of sp³-hybridized carbons (Fsp3) is 0.400. The van der Waals surface area contributed by atoms with Crippen LogP contribution in [0.1, 0.15) is 25.2 Å². The molecule has 2 aromatic rings.